The van der Waals surface area contributed by atoms with Crippen LogP contribution in [0.25, 0.3) is 55.7 Å². The van der Waals surface area contributed by atoms with E-state index in [1.165, 1.54) is 12.1 Å². The molecule has 0 spiro atoms. The first-order chi connectivity index (χ1) is 18.0. The highest BCUT2D eigenvalue weighted by molar-refractivity contribution is 5.99. The molecular weight excluding hydrogens is 469 g/mol. The maximum Gasteiger partial charge on any atom is 0.155 e. The third-order valence-electron chi connectivity index (χ3n) is 6.19. The zero-order valence-electron chi connectivity index (χ0n) is 20.4. The molecule has 184 valence electrons. The molecule has 0 fully saturated rings. The number of nitrogens with zero attached hydrogens (tertiary/aromatic N) is 5. The average Bonchev–Trinajstić information content (AvgIpc) is 3.52. The number of halogens is 1. The first-order valence-corrected chi connectivity index (χ1v) is 11.9. The minimum atomic E-state index is -0.356. The first kappa shape index (κ1) is 22.8. The normalized spacial score (nSPS) is 11.6. The fourth-order valence-corrected chi connectivity index (χ4v) is 4.35. The van der Waals surface area contributed by atoms with Crippen LogP contribution in [0.3, 0.4) is 0 Å². The van der Waals surface area contributed by atoms with Gasteiger partial charge in [-0.05, 0) is 61.6 Å². The molecule has 0 aliphatic carbocycles. The summed E-state index contributed by atoms with van der Waals surface area (Å²) in [5.74, 6) is 0.134. The Bertz CT molecular complexity index is 1710. The van der Waals surface area contributed by atoms with E-state index < -0.39 is 0 Å². The van der Waals surface area contributed by atoms with Gasteiger partial charge in [0.05, 0.1) is 5.69 Å². The Morgan fingerprint density at radius 1 is 0.892 bits per heavy atom. The Labute approximate surface area is 212 Å². The van der Waals surface area contributed by atoms with E-state index in [4.69, 9.17) is 4.74 Å². The fourth-order valence-electron chi connectivity index (χ4n) is 4.35. The molecule has 5 heterocycles. The summed E-state index contributed by atoms with van der Waals surface area (Å²) in [6, 6.07) is 14.6. The van der Waals surface area contributed by atoms with E-state index in [1.807, 2.05) is 55.4 Å². The Hall–Kier alpha value is -4.63. The van der Waals surface area contributed by atoms with Gasteiger partial charge >= 0.3 is 0 Å². The van der Waals surface area contributed by atoms with E-state index in [-0.39, 0.29) is 5.82 Å². The van der Waals surface area contributed by atoms with Gasteiger partial charge in [-0.15, -0.1) is 0 Å². The van der Waals surface area contributed by atoms with Gasteiger partial charge in [-0.3, -0.25) is 10.1 Å². The van der Waals surface area contributed by atoms with Crippen LogP contribution in [-0.4, -0.2) is 62.3 Å². The lowest BCUT2D eigenvalue weighted by Gasteiger charge is -2.12. The molecule has 8 nitrogen and oxygen atoms in total. The molecular formula is C28H24FN7O. The number of aromatic amines is 2. The summed E-state index contributed by atoms with van der Waals surface area (Å²) in [7, 11) is 3.94. The lowest BCUT2D eigenvalue weighted by molar-refractivity contribution is 0.260. The van der Waals surface area contributed by atoms with Gasteiger partial charge in [0.1, 0.15) is 29.5 Å². The summed E-state index contributed by atoms with van der Waals surface area (Å²) in [6.45, 7) is 1.21. The molecule has 5 aromatic heterocycles. The zero-order valence-corrected chi connectivity index (χ0v) is 20.4. The second kappa shape index (κ2) is 9.44. The second-order valence-corrected chi connectivity index (χ2v) is 9.07. The number of hydrogen-bond acceptors (Lipinski definition) is 6. The molecule has 0 atom stereocenters. The predicted octanol–water partition coefficient (Wildman–Crippen LogP) is 5.31. The van der Waals surface area contributed by atoms with E-state index in [0.717, 1.165) is 45.4 Å². The van der Waals surface area contributed by atoms with Crippen LogP contribution >= 0.6 is 0 Å². The Balaban J connectivity index is 1.41. The molecule has 37 heavy (non-hydrogen) atoms. The number of pyridine rings is 3. The molecule has 0 bridgehead atoms. The molecule has 0 saturated carbocycles. The highest BCUT2D eigenvalue weighted by Gasteiger charge is 2.16. The highest BCUT2D eigenvalue weighted by atomic mass is 19.1. The number of hydrogen-bond donors (Lipinski definition) is 2. The second-order valence-electron chi connectivity index (χ2n) is 9.07. The van der Waals surface area contributed by atoms with Crippen molar-refractivity contribution in [2.24, 2.45) is 0 Å². The van der Waals surface area contributed by atoms with Crippen molar-refractivity contribution in [3.8, 4) is 39.4 Å². The van der Waals surface area contributed by atoms with Gasteiger partial charge in [-0.25, -0.2) is 14.4 Å². The van der Waals surface area contributed by atoms with Crippen LogP contribution in [0, 0.1) is 5.82 Å². The number of nitrogens with one attached hydrogen (secondary N) is 2. The number of rotatable bonds is 7. The number of benzene rings is 1. The lowest BCUT2D eigenvalue weighted by Crippen LogP contribution is -2.19. The van der Waals surface area contributed by atoms with Crippen molar-refractivity contribution in [2.45, 2.75) is 0 Å². The molecule has 6 aromatic rings. The number of fused-ring (bicyclic) bond motifs is 2. The fraction of sp³-hybridized carbons (Fsp3) is 0.143. The van der Waals surface area contributed by atoms with Crippen LogP contribution in [0.5, 0.6) is 5.75 Å². The third-order valence-corrected chi connectivity index (χ3v) is 6.19. The van der Waals surface area contributed by atoms with Gasteiger partial charge < -0.3 is 14.6 Å². The molecule has 9 heteroatoms. The molecule has 0 amide bonds. The summed E-state index contributed by atoms with van der Waals surface area (Å²) in [5, 5.41) is 9.27. The maximum atomic E-state index is 14.5. The Morgan fingerprint density at radius 2 is 1.81 bits per heavy atom. The average molecular weight is 494 g/mol. The molecule has 2 N–H and O–H groups in total. The van der Waals surface area contributed by atoms with Crippen molar-refractivity contribution in [1.29, 1.82) is 0 Å². The number of aromatic nitrogens is 6. The Morgan fingerprint density at radius 3 is 2.65 bits per heavy atom. The van der Waals surface area contributed by atoms with Crippen molar-refractivity contribution in [2.75, 3.05) is 27.2 Å². The molecule has 6 rings (SSSR count). The van der Waals surface area contributed by atoms with E-state index in [2.05, 4.69) is 30.1 Å². The van der Waals surface area contributed by atoms with E-state index in [0.29, 0.717) is 29.2 Å². The molecule has 0 saturated heterocycles. The SMILES string of the molecule is CN(C)CCOc1cc(F)cc(-c2ccnc3[nH]c(-c4n[nH]c5ncc(-c6cccnc6)cc45)cc23)c1. The van der Waals surface area contributed by atoms with Gasteiger partial charge in [0, 0.05) is 59.3 Å². The van der Waals surface area contributed by atoms with Crippen LogP contribution in [0.4, 0.5) is 4.39 Å². The van der Waals surface area contributed by atoms with Crippen LogP contribution in [0.2, 0.25) is 0 Å². The molecule has 1 aromatic carbocycles. The van der Waals surface area contributed by atoms with Crippen LogP contribution in [-0.2, 0) is 0 Å². The van der Waals surface area contributed by atoms with Crippen LogP contribution in [0.15, 0.2) is 73.3 Å². The van der Waals surface area contributed by atoms with Crippen molar-refractivity contribution >= 4 is 22.1 Å². The minimum Gasteiger partial charge on any atom is -0.492 e. The predicted molar refractivity (Wildman–Crippen MR) is 142 cm³/mol. The van der Waals surface area contributed by atoms with E-state index in [9.17, 15) is 4.39 Å². The molecule has 0 unspecified atom stereocenters. The quantitative estimate of drug-likeness (QED) is 0.313. The number of H-pyrrole nitrogens is 2. The van der Waals surface area contributed by atoms with Crippen LogP contribution in [0.1, 0.15) is 0 Å². The minimum absolute atomic E-state index is 0.356. The zero-order chi connectivity index (χ0) is 25.4. The van der Waals surface area contributed by atoms with Gasteiger partial charge in [0.25, 0.3) is 0 Å². The largest absolute Gasteiger partial charge is 0.492 e. The molecule has 0 aliphatic rings. The van der Waals surface area contributed by atoms with Crippen molar-refractivity contribution in [1.82, 2.24) is 35.0 Å². The van der Waals surface area contributed by atoms with Crippen molar-refractivity contribution in [3.05, 3.63) is 79.1 Å². The Kier molecular flexibility index (Phi) is 5.82. The van der Waals surface area contributed by atoms with Gasteiger partial charge in [0.2, 0.25) is 0 Å². The smallest absolute Gasteiger partial charge is 0.155 e. The topological polar surface area (TPSA) is 95.6 Å². The first-order valence-electron chi connectivity index (χ1n) is 11.9. The van der Waals surface area contributed by atoms with Crippen molar-refractivity contribution < 1.29 is 9.13 Å². The summed E-state index contributed by atoms with van der Waals surface area (Å²) in [6.07, 6.45) is 7.05. The summed E-state index contributed by atoms with van der Waals surface area (Å²) >= 11 is 0. The summed E-state index contributed by atoms with van der Waals surface area (Å²) in [4.78, 5) is 18.6. The third kappa shape index (κ3) is 4.52. The number of ether oxygens (including phenoxy) is 1. The maximum absolute atomic E-state index is 14.5. The highest BCUT2D eigenvalue weighted by Crippen LogP contribution is 2.35. The van der Waals surface area contributed by atoms with Crippen LogP contribution < -0.4 is 4.74 Å². The van der Waals surface area contributed by atoms with Gasteiger partial charge in [-0.1, -0.05) is 6.07 Å². The molecule has 0 radical (unpaired) electrons. The summed E-state index contributed by atoms with van der Waals surface area (Å²) < 4.78 is 20.3. The van der Waals surface area contributed by atoms with Gasteiger partial charge in [-0.2, -0.15) is 5.10 Å². The lowest BCUT2D eigenvalue weighted by atomic mass is 10.0. The molecule has 0 aliphatic heterocycles. The standard InChI is InChI=1S/C28H24FN7O/c1-36(2)8-9-37-21-11-18(10-20(29)13-21)22-5-7-31-27-23(22)14-25(33-27)26-24-12-19(16-32-28(24)35-34-26)17-4-3-6-30-15-17/h3-7,10-16H,8-9H2,1-2H3,(H,31,33)(H,32,34,35). The number of likely N-dealkylation sites (N-methyl/N-ethyl adjacent to an activating group) is 1. The van der Waals surface area contributed by atoms with E-state index >= 15 is 0 Å². The van der Waals surface area contributed by atoms with E-state index in [1.54, 1.807) is 24.8 Å². The van der Waals surface area contributed by atoms with Crippen molar-refractivity contribution in [3.63, 3.8) is 0 Å². The van der Waals surface area contributed by atoms with Gasteiger partial charge in [0.15, 0.2) is 5.65 Å². The monoisotopic (exact) mass is 493 g/mol. The summed E-state index contributed by atoms with van der Waals surface area (Å²) in [5.41, 5.74) is 6.34.